The van der Waals surface area contributed by atoms with Crippen molar-refractivity contribution in [2.45, 2.75) is 27.7 Å². The van der Waals surface area contributed by atoms with Crippen LogP contribution in [-0.2, 0) is 4.74 Å². The van der Waals surface area contributed by atoms with Crippen LogP contribution in [0.25, 0.3) is 0 Å². The SMILES string of the molecule is CC.CCN.CCN(C)CCN1CCOCC1. The van der Waals surface area contributed by atoms with Crippen molar-refractivity contribution in [1.29, 1.82) is 0 Å². The zero-order valence-electron chi connectivity index (χ0n) is 12.5. The van der Waals surface area contributed by atoms with Gasteiger partial charge in [-0.25, -0.2) is 0 Å². The van der Waals surface area contributed by atoms with E-state index in [1.165, 1.54) is 13.1 Å². The highest BCUT2D eigenvalue weighted by Gasteiger charge is 2.09. The van der Waals surface area contributed by atoms with Gasteiger partial charge in [-0.1, -0.05) is 27.7 Å². The third-order valence-electron chi connectivity index (χ3n) is 2.44. The van der Waals surface area contributed by atoms with E-state index in [0.29, 0.717) is 0 Å². The first-order chi connectivity index (χ1) is 8.24. The maximum Gasteiger partial charge on any atom is 0.0594 e. The van der Waals surface area contributed by atoms with E-state index < -0.39 is 0 Å². The van der Waals surface area contributed by atoms with Gasteiger partial charge in [0, 0.05) is 26.2 Å². The summed E-state index contributed by atoms with van der Waals surface area (Å²) in [6.07, 6.45) is 0. The number of hydrogen-bond donors (Lipinski definition) is 1. The molecule has 106 valence electrons. The molecule has 0 amide bonds. The molecular weight excluding hydrogens is 214 g/mol. The molecule has 4 heteroatoms. The van der Waals surface area contributed by atoms with Crippen molar-refractivity contribution < 1.29 is 4.74 Å². The zero-order chi connectivity index (χ0) is 13.5. The maximum atomic E-state index is 5.28. The molecular formula is C13H33N3O. The second-order valence-electron chi connectivity index (χ2n) is 3.76. The van der Waals surface area contributed by atoms with Gasteiger partial charge < -0.3 is 15.4 Å². The van der Waals surface area contributed by atoms with Gasteiger partial charge >= 0.3 is 0 Å². The van der Waals surface area contributed by atoms with Crippen molar-refractivity contribution in [3.63, 3.8) is 0 Å². The van der Waals surface area contributed by atoms with E-state index in [2.05, 4.69) is 23.8 Å². The Hall–Kier alpha value is -0.160. The second-order valence-corrected chi connectivity index (χ2v) is 3.76. The third-order valence-corrected chi connectivity index (χ3v) is 2.44. The molecule has 0 aliphatic carbocycles. The standard InChI is InChI=1S/C9H20N2O.C2H7N.C2H6/c1-3-10(2)4-5-11-6-8-12-9-7-11;1-2-3;1-2/h3-9H2,1-2H3;2-3H2,1H3;1-2H3. The topological polar surface area (TPSA) is 41.7 Å². The number of rotatable bonds is 4. The van der Waals surface area contributed by atoms with E-state index in [9.17, 15) is 0 Å². The molecule has 0 aromatic rings. The molecule has 1 rings (SSSR count). The highest BCUT2D eigenvalue weighted by molar-refractivity contribution is 4.63. The summed E-state index contributed by atoms with van der Waals surface area (Å²) in [4.78, 5) is 4.81. The van der Waals surface area contributed by atoms with Crippen LogP contribution in [0.5, 0.6) is 0 Å². The van der Waals surface area contributed by atoms with Crippen molar-refractivity contribution in [2.24, 2.45) is 5.73 Å². The van der Waals surface area contributed by atoms with E-state index in [0.717, 1.165) is 39.4 Å². The molecule has 0 spiro atoms. The number of nitrogens with two attached hydrogens (primary N) is 1. The average molecular weight is 247 g/mol. The van der Waals surface area contributed by atoms with E-state index in [1.54, 1.807) is 0 Å². The first kappa shape index (κ1) is 19.2. The van der Waals surface area contributed by atoms with Gasteiger partial charge in [-0.3, -0.25) is 4.90 Å². The van der Waals surface area contributed by atoms with Crippen molar-refractivity contribution in [1.82, 2.24) is 9.80 Å². The van der Waals surface area contributed by atoms with Gasteiger partial charge in [-0.05, 0) is 20.1 Å². The van der Waals surface area contributed by atoms with Gasteiger partial charge in [-0.2, -0.15) is 0 Å². The largest absolute Gasteiger partial charge is 0.379 e. The van der Waals surface area contributed by atoms with E-state index in [1.807, 2.05) is 20.8 Å². The Morgan fingerprint density at radius 3 is 2.06 bits per heavy atom. The number of nitrogens with zero attached hydrogens (tertiary/aromatic N) is 2. The summed E-state index contributed by atoms with van der Waals surface area (Å²) < 4.78 is 5.28. The highest BCUT2D eigenvalue weighted by Crippen LogP contribution is 1.96. The molecule has 0 atom stereocenters. The van der Waals surface area contributed by atoms with Crippen LogP contribution in [0.1, 0.15) is 27.7 Å². The van der Waals surface area contributed by atoms with Crippen LogP contribution in [-0.4, -0.2) is 69.3 Å². The van der Waals surface area contributed by atoms with Crippen LogP contribution >= 0.6 is 0 Å². The highest BCUT2D eigenvalue weighted by atomic mass is 16.5. The summed E-state index contributed by atoms with van der Waals surface area (Å²) in [5.41, 5.74) is 4.85. The smallest absolute Gasteiger partial charge is 0.0594 e. The lowest BCUT2D eigenvalue weighted by molar-refractivity contribution is 0.0347. The minimum atomic E-state index is 0.750. The summed E-state index contributed by atoms with van der Waals surface area (Å²) in [6.45, 7) is 16.4. The molecule has 0 unspecified atom stereocenters. The summed E-state index contributed by atoms with van der Waals surface area (Å²) in [5, 5.41) is 0. The fraction of sp³-hybridized carbons (Fsp3) is 1.00. The molecule has 0 aromatic heterocycles. The lowest BCUT2D eigenvalue weighted by Gasteiger charge is -2.28. The van der Waals surface area contributed by atoms with Crippen LogP contribution in [0.2, 0.25) is 0 Å². The molecule has 1 aliphatic rings. The lowest BCUT2D eigenvalue weighted by Crippen LogP contribution is -2.40. The molecule has 0 aromatic carbocycles. The van der Waals surface area contributed by atoms with Crippen LogP contribution in [0, 0.1) is 0 Å². The van der Waals surface area contributed by atoms with Crippen molar-refractivity contribution in [3.8, 4) is 0 Å². The van der Waals surface area contributed by atoms with Gasteiger partial charge in [0.2, 0.25) is 0 Å². The minimum Gasteiger partial charge on any atom is -0.379 e. The molecule has 2 N–H and O–H groups in total. The molecule has 4 nitrogen and oxygen atoms in total. The average Bonchev–Trinajstić information content (AvgIpc) is 2.40. The monoisotopic (exact) mass is 247 g/mol. The Kier molecular flexibility index (Phi) is 17.9. The Balaban J connectivity index is 0. The van der Waals surface area contributed by atoms with Gasteiger partial charge in [0.25, 0.3) is 0 Å². The minimum absolute atomic E-state index is 0.750. The number of morpholine rings is 1. The summed E-state index contributed by atoms with van der Waals surface area (Å²) in [5.74, 6) is 0. The van der Waals surface area contributed by atoms with Gasteiger partial charge in [0.15, 0.2) is 0 Å². The molecule has 0 saturated carbocycles. The number of hydrogen-bond acceptors (Lipinski definition) is 4. The predicted molar refractivity (Wildman–Crippen MR) is 76.5 cm³/mol. The van der Waals surface area contributed by atoms with Gasteiger partial charge in [0.05, 0.1) is 13.2 Å². The summed E-state index contributed by atoms with van der Waals surface area (Å²) >= 11 is 0. The molecule has 1 saturated heterocycles. The molecule has 1 heterocycles. The Labute approximate surface area is 108 Å². The van der Waals surface area contributed by atoms with Gasteiger partial charge in [-0.15, -0.1) is 0 Å². The van der Waals surface area contributed by atoms with Crippen molar-refractivity contribution in [2.75, 3.05) is 59.5 Å². The van der Waals surface area contributed by atoms with E-state index in [-0.39, 0.29) is 0 Å². The Morgan fingerprint density at radius 1 is 1.18 bits per heavy atom. The molecule has 0 radical (unpaired) electrons. The van der Waals surface area contributed by atoms with E-state index >= 15 is 0 Å². The van der Waals surface area contributed by atoms with Crippen LogP contribution in [0.3, 0.4) is 0 Å². The third kappa shape index (κ3) is 13.8. The Morgan fingerprint density at radius 2 is 1.65 bits per heavy atom. The van der Waals surface area contributed by atoms with Gasteiger partial charge in [0.1, 0.15) is 0 Å². The number of likely N-dealkylation sites (N-methyl/N-ethyl adjacent to an activating group) is 1. The second kappa shape index (κ2) is 15.8. The van der Waals surface area contributed by atoms with Crippen molar-refractivity contribution in [3.05, 3.63) is 0 Å². The Bertz CT molecular complexity index is 128. The van der Waals surface area contributed by atoms with Crippen LogP contribution in [0.4, 0.5) is 0 Å². The zero-order valence-corrected chi connectivity index (χ0v) is 12.5. The fourth-order valence-electron chi connectivity index (χ4n) is 1.30. The predicted octanol–water partition coefficient (Wildman–Crippen LogP) is 1.26. The number of ether oxygens (including phenoxy) is 1. The fourth-order valence-corrected chi connectivity index (χ4v) is 1.30. The molecule has 1 fully saturated rings. The van der Waals surface area contributed by atoms with Crippen molar-refractivity contribution >= 4 is 0 Å². The summed E-state index contributed by atoms with van der Waals surface area (Å²) in [6, 6.07) is 0. The van der Waals surface area contributed by atoms with Crippen LogP contribution < -0.4 is 5.73 Å². The summed E-state index contributed by atoms with van der Waals surface area (Å²) in [7, 11) is 2.17. The molecule has 17 heavy (non-hydrogen) atoms. The maximum absolute atomic E-state index is 5.28. The van der Waals surface area contributed by atoms with E-state index in [4.69, 9.17) is 10.5 Å². The quantitative estimate of drug-likeness (QED) is 0.812. The molecule has 1 aliphatic heterocycles. The van der Waals surface area contributed by atoms with Crippen LogP contribution in [0.15, 0.2) is 0 Å². The first-order valence-electron chi connectivity index (χ1n) is 6.93. The lowest BCUT2D eigenvalue weighted by atomic mass is 10.4. The normalized spacial score (nSPS) is 15.7. The molecule has 0 bridgehead atoms. The first-order valence-corrected chi connectivity index (χ1v) is 6.93.